The molecule has 0 heterocycles. The van der Waals surface area contributed by atoms with Gasteiger partial charge in [-0.3, -0.25) is 0 Å². The first-order valence-corrected chi connectivity index (χ1v) is 16.9. The van der Waals surface area contributed by atoms with Gasteiger partial charge in [-0.05, 0) is 77.8 Å². The van der Waals surface area contributed by atoms with Gasteiger partial charge in [0, 0.05) is 0 Å². The van der Waals surface area contributed by atoms with Crippen LogP contribution in [0, 0.1) is 0 Å². The lowest BCUT2D eigenvalue weighted by Gasteiger charge is -2.31. The molecule has 3 nitrogen and oxygen atoms in total. The number of hydrogen-bond donors (Lipinski definition) is 2. The summed E-state index contributed by atoms with van der Waals surface area (Å²) in [7, 11) is -1.41. The van der Waals surface area contributed by atoms with Crippen molar-refractivity contribution in [1.29, 1.82) is 0 Å². The van der Waals surface area contributed by atoms with Crippen LogP contribution in [-0.4, -0.2) is 10.8 Å². The van der Waals surface area contributed by atoms with Gasteiger partial charge in [0.05, 0.1) is 17.0 Å². The van der Waals surface area contributed by atoms with Gasteiger partial charge in [-0.15, -0.1) is 0 Å². The second-order valence-corrected chi connectivity index (χ2v) is 13.7. The third-order valence-electron chi connectivity index (χ3n) is 8.28. The van der Waals surface area contributed by atoms with E-state index in [9.17, 15) is 4.21 Å². The van der Waals surface area contributed by atoms with Gasteiger partial charge in [0.15, 0.2) is 0 Å². The Morgan fingerprint density at radius 3 is 1.79 bits per heavy atom. The lowest BCUT2D eigenvalue weighted by Crippen LogP contribution is -2.37. The van der Waals surface area contributed by atoms with Crippen LogP contribution >= 0.6 is 0 Å². The molecule has 0 saturated heterocycles. The lowest BCUT2D eigenvalue weighted by molar-refractivity contribution is 0.427. The monoisotopic (exact) mass is 582 g/mol. The Morgan fingerprint density at radius 2 is 1.29 bits per heavy atom. The number of hydrogen-bond acceptors (Lipinski definition) is 2. The highest BCUT2D eigenvalue weighted by atomic mass is 32.2. The first-order chi connectivity index (χ1) is 20.3. The number of allylic oxidation sites excluding steroid dienone is 4. The quantitative estimate of drug-likeness (QED) is 0.147. The smallest absolute Gasteiger partial charge is 0.126 e. The van der Waals surface area contributed by atoms with Crippen LogP contribution in [0.3, 0.4) is 0 Å². The molecule has 2 N–H and O–H groups in total. The Balaban J connectivity index is 1.70. The van der Waals surface area contributed by atoms with Crippen molar-refractivity contribution in [2.45, 2.75) is 102 Å². The molecule has 0 aromatic heterocycles. The van der Waals surface area contributed by atoms with E-state index in [2.05, 4.69) is 137 Å². The van der Waals surface area contributed by atoms with Crippen LogP contribution < -0.4 is 10.0 Å². The molecule has 4 heteroatoms. The van der Waals surface area contributed by atoms with Crippen molar-refractivity contribution in [3.8, 4) is 0 Å². The summed E-state index contributed by atoms with van der Waals surface area (Å²) in [6.07, 6.45) is 11.2. The van der Waals surface area contributed by atoms with E-state index in [4.69, 9.17) is 0 Å². The summed E-state index contributed by atoms with van der Waals surface area (Å²) in [6, 6.07) is 25.5. The van der Waals surface area contributed by atoms with Crippen molar-refractivity contribution in [1.82, 2.24) is 10.0 Å². The maximum Gasteiger partial charge on any atom is 0.126 e. The second kappa shape index (κ2) is 15.6. The average molecular weight is 583 g/mol. The van der Waals surface area contributed by atoms with Gasteiger partial charge in [0.2, 0.25) is 0 Å². The van der Waals surface area contributed by atoms with Gasteiger partial charge >= 0.3 is 0 Å². The van der Waals surface area contributed by atoms with Gasteiger partial charge in [-0.2, -0.15) is 0 Å². The van der Waals surface area contributed by atoms with Crippen LogP contribution in [0.5, 0.6) is 0 Å². The largest absolute Gasteiger partial charge is 0.308 e. The van der Waals surface area contributed by atoms with Gasteiger partial charge < -0.3 is 5.32 Å². The van der Waals surface area contributed by atoms with E-state index in [1.54, 1.807) is 0 Å². The Bertz CT molecular complexity index is 1330. The van der Waals surface area contributed by atoms with Crippen LogP contribution in [0.4, 0.5) is 0 Å². The molecule has 0 amide bonds. The van der Waals surface area contributed by atoms with Crippen LogP contribution in [0.25, 0.3) is 0 Å². The Kier molecular flexibility index (Phi) is 11.9. The van der Waals surface area contributed by atoms with Crippen LogP contribution in [-0.2, 0) is 11.0 Å². The van der Waals surface area contributed by atoms with Crippen molar-refractivity contribution in [2.75, 3.05) is 6.54 Å². The number of benzene rings is 3. The topological polar surface area (TPSA) is 41.1 Å². The highest BCUT2D eigenvalue weighted by molar-refractivity contribution is 7.83. The third kappa shape index (κ3) is 8.40. The van der Waals surface area contributed by atoms with Gasteiger partial charge in [0.25, 0.3) is 0 Å². The predicted molar refractivity (Wildman–Crippen MR) is 180 cm³/mol. The van der Waals surface area contributed by atoms with E-state index in [0.717, 1.165) is 42.7 Å². The van der Waals surface area contributed by atoms with Crippen LogP contribution in [0.15, 0.2) is 101 Å². The molecule has 0 aliphatic heterocycles. The SMILES string of the molecule is CC(C)c1cc(C(C)C)c(S(=O)NC(c2ccccc2)[C@@H](NCCCC2=CCC=CC2)c2ccccc2)c(C(C)C)c1. The maximum atomic E-state index is 14.6. The average Bonchev–Trinajstić information content (AvgIpc) is 3.00. The minimum atomic E-state index is -1.41. The lowest BCUT2D eigenvalue weighted by atomic mass is 9.89. The molecule has 0 spiro atoms. The van der Waals surface area contributed by atoms with E-state index in [1.165, 1.54) is 27.8 Å². The third-order valence-corrected chi connectivity index (χ3v) is 9.59. The van der Waals surface area contributed by atoms with Crippen LogP contribution in [0.1, 0.15) is 125 Å². The Morgan fingerprint density at radius 1 is 0.714 bits per heavy atom. The normalized spacial score (nSPS) is 15.7. The van der Waals surface area contributed by atoms with E-state index < -0.39 is 11.0 Å². The van der Waals surface area contributed by atoms with Crippen molar-refractivity contribution in [2.24, 2.45) is 0 Å². The van der Waals surface area contributed by atoms with Crippen molar-refractivity contribution in [3.05, 3.63) is 124 Å². The van der Waals surface area contributed by atoms with E-state index in [0.29, 0.717) is 5.92 Å². The zero-order chi connectivity index (χ0) is 30.1. The van der Waals surface area contributed by atoms with Gasteiger partial charge in [-0.25, -0.2) is 8.93 Å². The maximum absolute atomic E-state index is 14.6. The molecule has 2 unspecified atom stereocenters. The Labute approximate surface area is 257 Å². The summed E-state index contributed by atoms with van der Waals surface area (Å²) in [5.74, 6) is 0.952. The summed E-state index contributed by atoms with van der Waals surface area (Å²) < 4.78 is 18.3. The fourth-order valence-electron chi connectivity index (χ4n) is 5.78. The van der Waals surface area contributed by atoms with Crippen molar-refractivity contribution < 1.29 is 4.21 Å². The molecule has 4 rings (SSSR count). The molecule has 1 aliphatic carbocycles. The molecule has 0 radical (unpaired) electrons. The van der Waals surface area contributed by atoms with E-state index in [1.807, 2.05) is 6.07 Å². The predicted octanol–water partition coefficient (Wildman–Crippen LogP) is 9.80. The molecule has 42 heavy (non-hydrogen) atoms. The molecule has 3 aromatic carbocycles. The van der Waals surface area contributed by atoms with Gasteiger partial charge in [0.1, 0.15) is 11.0 Å². The van der Waals surface area contributed by atoms with Crippen LogP contribution in [0.2, 0.25) is 0 Å². The zero-order valence-electron chi connectivity index (χ0n) is 26.4. The molecule has 3 aromatic rings. The van der Waals surface area contributed by atoms with Gasteiger partial charge in [-0.1, -0.05) is 138 Å². The summed E-state index contributed by atoms with van der Waals surface area (Å²) in [5.41, 5.74) is 7.53. The molecule has 3 atom stereocenters. The van der Waals surface area contributed by atoms with E-state index in [-0.39, 0.29) is 23.9 Å². The first kappa shape index (κ1) is 32.1. The molecular weight excluding hydrogens is 532 g/mol. The molecule has 0 fully saturated rings. The Hall–Kier alpha value is -2.79. The standard InChI is InChI=1S/C38H50N2OS/c1-27(2)33-25-34(28(3)4)38(35(26-33)29(5)6)42(41)40-37(32-22-14-9-15-23-32)36(31-20-12-8-13-21-31)39-24-16-19-30-17-10-7-11-18-30/h7-10,12-15,18,20-23,25-29,36-37,39-40H,11,16-17,19,24H2,1-6H3/t36-,37?,42?/m0/s1. The number of rotatable bonds is 14. The molecular formula is C38H50N2OS. The highest BCUT2D eigenvalue weighted by Crippen LogP contribution is 2.36. The fourth-order valence-corrected chi connectivity index (χ4v) is 7.42. The number of nitrogens with one attached hydrogen (secondary N) is 2. The summed E-state index contributed by atoms with van der Waals surface area (Å²) in [4.78, 5) is 0.953. The highest BCUT2D eigenvalue weighted by Gasteiger charge is 2.29. The summed E-state index contributed by atoms with van der Waals surface area (Å²) in [6.45, 7) is 14.2. The second-order valence-electron chi connectivity index (χ2n) is 12.5. The molecule has 224 valence electrons. The summed E-state index contributed by atoms with van der Waals surface area (Å²) >= 11 is 0. The van der Waals surface area contributed by atoms with Crippen molar-refractivity contribution in [3.63, 3.8) is 0 Å². The molecule has 1 aliphatic rings. The molecule has 0 bridgehead atoms. The zero-order valence-corrected chi connectivity index (χ0v) is 27.2. The van der Waals surface area contributed by atoms with Crippen molar-refractivity contribution >= 4 is 11.0 Å². The fraction of sp³-hybridized carbons (Fsp3) is 0.421. The van der Waals surface area contributed by atoms with E-state index >= 15 is 0 Å². The minimum absolute atomic E-state index is 0.0438. The minimum Gasteiger partial charge on any atom is -0.308 e. The first-order valence-electron chi connectivity index (χ1n) is 15.8. The molecule has 0 saturated carbocycles. The summed E-state index contributed by atoms with van der Waals surface area (Å²) in [5, 5.41) is 3.89.